The van der Waals surface area contributed by atoms with Crippen LogP contribution in [0.15, 0.2) is 41.9 Å². The molecule has 14 heteroatoms. The van der Waals surface area contributed by atoms with Crippen LogP contribution in [0.1, 0.15) is 90.8 Å². The summed E-state index contributed by atoms with van der Waals surface area (Å²) >= 11 is 1.50. The first kappa shape index (κ1) is 46.9. The smallest absolute Gasteiger partial charge is 0.256 e. The predicted octanol–water partition coefficient (Wildman–Crippen LogP) is 4.40. The van der Waals surface area contributed by atoms with Gasteiger partial charge in [-0.15, -0.1) is 11.3 Å². The lowest BCUT2D eigenvalue weighted by Crippen LogP contribution is -2.69. The first-order chi connectivity index (χ1) is 26.6. The number of ether oxygens (including phenoxy) is 2. The van der Waals surface area contributed by atoms with E-state index in [4.69, 9.17) is 9.47 Å². The van der Waals surface area contributed by atoms with E-state index in [0.29, 0.717) is 19.4 Å². The highest BCUT2D eigenvalue weighted by Crippen LogP contribution is 2.30. The summed E-state index contributed by atoms with van der Waals surface area (Å²) in [5, 5.41) is 15.2. The number of hydrogen-bond acceptors (Lipinski definition) is 10. The Labute approximate surface area is 339 Å². The molecule has 2 aromatic rings. The minimum absolute atomic E-state index is 0.0268. The molecule has 1 aromatic heterocycles. The second-order valence-electron chi connectivity index (χ2n) is 15.9. The molecule has 1 fully saturated rings. The lowest BCUT2D eigenvalue weighted by molar-refractivity contribution is -0.148. The van der Waals surface area contributed by atoms with Gasteiger partial charge in [0.1, 0.15) is 11.0 Å². The van der Waals surface area contributed by atoms with E-state index in [-0.39, 0.29) is 59.9 Å². The number of nitrogens with one attached hydrogen (secondary N) is 4. The molecule has 1 aliphatic heterocycles. The molecule has 1 aliphatic rings. The summed E-state index contributed by atoms with van der Waals surface area (Å²) in [4.78, 5) is 64.3. The van der Waals surface area contributed by atoms with Crippen molar-refractivity contribution >= 4 is 35.0 Å². The summed E-state index contributed by atoms with van der Waals surface area (Å²) in [6.45, 7) is 14.2. The molecule has 1 saturated heterocycles. The molecule has 4 N–H and O–H groups in total. The molecule has 4 amide bonds. The van der Waals surface area contributed by atoms with Crippen LogP contribution < -0.4 is 21.3 Å². The maximum Gasteiger partial charge on any atom is 0.256 e. The fourth-order valence-corrected chi connectivity index (χ4v) is 8.93. The number of carbonyl (C=O) groups is 4. The molecule has 314 valence electrons. The average molecular weight is 800 g/mol. The van der Waals surface area contributed by atoms with E-state index < -0.39 is 35.9 Å². The van der Waals surface area contributed by atoms with Crippen molar-refractivity contribution in [3.63, 3.8) is 0 Å². The number of methoxy groups -OCH3 is 2. The first-order valence-electron chi connectivity index (χ1n) is 20.2. The lowest BCUT2D eigenvalue weighted by atomic mass is 9.89. The Bertz CT molecular complexity index is 1520. The summed E-state index contributed by atoms with van der Waals surface area (Å²) in [6, 6.07) is 8.11. The number of carbonyl (C=O) groups excluding carboxylic acids is 4. The van der Waals surface area contributed by atoms with Gasteiger partial charge in [0.05, 0.1) is 42.7 Å². The topological polar surface area (TPSA) is 154 Å². The fourth-order valence-electron chi connectivity index (χ4n) is 8.25. The highest BCUT2D eigenvalue weighted by atomic mass is 32.1. The third-order valence-electron chi connectivity index (χ3n) is 11.8. The van der Waals surface area contributed by atoms with Crippen molar-refractivity contribution in [1.82, 2.24) is 36.1 Å². The number of hydrogen-bond donors (Lipinski definition) is 4. The number of nitrogens with zero attached hydrogens (tertiary/aromatic N) is 3. The van der Waals surface area contributed by atoms with Gasteiger partial charge < -0.3 is 29.9 Å². The summed E-state index contributed by atoms with van der Waals surface area (Å²) in [5.41, 5.74) is 0.0201. The number of rotatable bonds is 22. The van der Waals surface area contributed by atoms with Crippen LogP contribution in [0.3, 0.4) is 0 Å². The quantitative estimate of drug-likeness (QED) is 0.127. The Morgan fingerprint density at radius 3 is 2.18 bits per heavy atom. The molecule has 0 unspecified atom stereocenters. The Balaban J connectivity index is 1.80. The van der Waals surface area contributed by atoms with Crippen LogP contribution in [0.5, 0.6) is 0 Å². The maximum atomic E-state index is 14.4. The van der Waals surface area contributed by atoms with E-state index >= 15 is 0 Å². The normalized spacial score (nSPS) is 18.5. The number of thiazole rings is 1. The molecule has 2 heterocycles. The fraction of sp³-hybridized carbons (Fsp3) is 0.690. The molecular weight excluding hydrogens is 731 g/mol. The summed E-state index contributed by atoms with van der Waals surface area (Å²) in [6.07, 6.45) is 3.41. The standard InChI is InChI=1S/C42H69N7O6S/c1-13-28(6)36(48(10)40(52)35(26(2)3)47-41(53)42(43-8,44-9)27(4)5)33(54-11)25-34(50)49-22-17-20-32(49)37(55-12)29(7)38(51)46-31(39-45-21-23-56-39)24-30-18-15-14-16-19-30/h14-16,18-19,21,23,26-29,31-33,35-37,43-44H,13,17,20,22,24-25H2,1-12H3,(H,46,51)(H,47,53)/t28-,29+,31-,32-,33+,35-,36-,37+/m0/s1. The second kappa shape index (κ2) is 21.9. The van der Waals surface area contributed by atoms with Gasteiger partial charge >= 0.3 is 0 Å². The number of likely N-dealkylation sites (N-methyl/N-ethyl adjacent to an activating group) is 3. The molecule has 0 spiro atoms. The summed E-state index contributed by atoms with van der Waals surface area (Å²) < 4.78 is 12.1. The van der Waals surface area contributed by atoms with Crippen molar-refractivity contribution < 1.29 is 28.7 Å². The van der Waals surface area contributed by atoms with E-state index in [9.17, 15) is 19.2 Å². The Morgan fingerprint density at radius 2 is 1.66 bits per heavy atom. The van der Waals surface area contributed by atoms with Gasteiger partial charge in [0.15, 0.2) is 5.66 Å². The molecule has 0 aliphatic carbocycles. The van der Waals surface area contributed by atoms with Crippen LogP contribution in [-0.4, -0.2) is 116 Å². The highest BCUT2D eigenvalue weighted by Gasteiger charge is 2.45. The Morgan fingerprint density at radius 1 is 1.00 bits per heavy atom. The zero-order valence-electron chi connectivity index (χ0n) is 35.8. The minimum atomic E-state index is -1.07. The Kier molecular flexibility index (Phi) is 18.4. The van der Waals surface area contributed by atoms with Crippen LogP contribution in [-0.2, 0) is 35.1 Å². The summed E-state index contributed by atoms with van der Waals surface area (Å²) in [7, 11) is 8.34. The van der Waals surface area contributed by atoms with Crippen LogP contribution in [0.4, 0.5) is 0 Å². The van der Waals surface area contributed by atoms with E-state index in [1.807, 2.05) is 82.2 Å². The van der Waals surface area contributed by atoms with E-state index in [0.717, 1.165) is 23.4 Å². The molecule has 13 nitrogen and oxygen atoms in total. The van der Waals surface area contributed by atoms with Crippen LogP contribution in [0.2, 0.25) is 0 Å². The van der Waals surface area contributed by atoms with Crippen molar-refractivity contribution in [2.24, 2.45) is 23.7 Å². The predicted molar refractivity (Wildman–Crippen MR) is 222 cm³/mol. The molecule has 8 atom stereocenters. The van der Waals surface area contributed by atoms with Gasteiger partial charge in [-0.1, -0.05) is 85.2 Å². The van der Waals surface area contributed by atoms with Crippen LogP contribution in [0.25, 0.3) is 0 Å². The van der Waals surface area contributed by atoms with Gasteiger partial charge in [-0.3, -0.25) is 29.8 Å². The van der Waals surface area contributed by atoms with Crippen molar-refractivity contribution in [3.8, 4) is 0 Å². The van der Waals surface area contributed by atoms with E-state index in [1.165, 1.54) is 11.3 Å². The van der Waals surface area contributed by atoms with Crippen molar-refractivity contribution in [2.75, 3.05) is 41.9 Å². The van der Waals surface area contributed by atoms with E-state index in [2.05, 4.69) is 33.2 Å². The van der Waals surface area contributed by atoms with E-state index in [1.54, 1.807) is 46.5 Å². The maximum absolute atomic E-state index is 14.4. The lowest BCUT2D eigenvalue weighted by Gasteiger charge is -2.42. The highest BCUT2D eigenvalue weighted by molar-refractivity contribution is 7.09. The zero-order chi connectivity index (χ0) is 41.7. The Hall–Kier alpha value is -3.43. The molecule has 0 bridgehead atoms. The molecule has 1 aromatic carbocycles. The monoisotopic (exact) mass is 800 g/mol. The average Bonchev–Trinajstić information content (AvgIpc) is 3.91. The van der Waals surface area contributed by atoms with Gasteiger partial charge in [-0.05, 0) is 56.7 Å². The third kappa shape index (κ3) is 11.1. The molecule has 0 radical (unpaired) electrons. The molecule has 0 saturated carbocycles. The third-order valence-corrected chi connectivity index (χ3v) is 12.7. The first-order valence-corrected chi connectivity index (χ1v) is 21.0. The number of likely N-dealkylation sites (tertiary alicyclic amines) is 1. The van der Waals surface area contributed by atoms with Gasteiger partial charge in [0, 0.05) is 39.4 Å². The number of aromatic nitrogens is 1. The minimum Gasteiger partial charge on any atom is -0.379 e. The van der Waals surface area contributed by atoms with Crippen molar-refractivity contribution in [3.05, 3.63) is 52.5 Å². The summed E-state index contributed by atoms with van der Waals surface area (Å²) in [5.74, 6) is -1.76. The van der Waals surface area contributed by atoms with Crippen molar-refractivity contribution in [1.29, 1.82) is 0 Å². The largest absolute Gasteiger partial charge is 0.379 e. The molecular formula is C42H69N7O6S. The number of amides is 4. The van der Waals surface area contributed by atoms with Crippen molar-refractivity contribution in [2.45, 2.75) is 123 Å². The van der Waals surface area contributed by atoms with Crippen LogP contribution >= 0.6 is 11.3 Å². The molecule has 56 heavy (non-hydrogen) atoms. The van der Waals surface area contributed by atoms with Gasteiger partial charge in [0.25, 0.3) is 5.91 Å². The zero-order valence-corrected chi connectivity index (χ0v) is 36.6. The number of benzene rings is 1. The van der Waals surface area contributed by atoms with Gasteiger partial charge in [-0.2, -0.15) is 0 Å². The SMILES string of the molecule is CC[C@H](C)[C@@H]([C@@H](CC(=O)N1CCC[C@H]1[C@H](OC)[C@@H](C)C(=O)N[C@@H](Cc1ccccc1)c1nccs1)OC)N(C)C(=O)[C@@H](NC(=O)C(NC)(NC)C(C)C)C(C)C. The second-order valence-corrected chi connectivity index (χ2v) is 16.8. The van der Waals surface area contributed by atoms with Gasteiger partial charge in [0.2, 0.25) is 17.7 Å². The molecule has 3 rings (SSSR count). The van der Waals surface area contributed by atoms with Gasteiger partial charge in [-0.25, -0.2) is 4.98 Å². The van der Waals surface area contributed by atoms with Crippen LogP contribution in [0, 0.1) is 23.7 Å².